The zero-order valence-corrected chi connectivity index (χ0v) is 9.08. The van der Waals surface area contributed by atoms with Gasteiger partial charge in [-0.1, -0.05) is 35.4 Å². The number of aromatic nitrogens is 2. The molecule has 17 heavy (non-hydrogen) atoms. The summed E-state index contributed by atoms with van der Waals surface area (Å²) in [5.74, 6) is 0. The molecule has 1 N–H and O–H groups in total. The molecular formula is C11H11N5O. The lowest BCUT2D eigenvalue weighted by Crippen LogP contribution is -2.17. The van der Waals surface area contributed by atoms with Crippen LogP contribution < -0.4 is 5.56 Å². The first-order valence-electron chi connectivity index (χ1n) is 5.17. The number of aromatic amines is 1. The van der Waals surface area contributed by atoms with Crippen LogP contribution in [-0.4, -0.2) is 16.3 Å². The zero-order chi connectivity index (χ0) is 12.1. The molecule has 0 unspecified atom stereocenters. The highest BCUT2D eigenvalue weighted by Crippen LogP contribution is 2.13. The summed E-state index contributed by atoms with van der Waals surface area (Å²) in [7, 11) is 0. The van der Waals surface area contributed by atoms with Crippen LogP contribution in [0.25, 0.3) is 21.7 Å². The molecule has 1 aromatic carbocycles. The maximum Gasteiger partial charge on any atom is 0.267 e. The molecule has 0 fully saturated rings. The van der Waals surface area contributed by atoms with Crippen molar-refractivity contribution in [2.75, 3.05) is 6.54 Å². The number of H-pyrrole nitrogens is 1. The predicted octanol–water partition coefficient (Wildman–Crippen LogP) is 2.15. The van der Waals surface area contributed by atoms with Gasteiger partial charge in [-0.25, -0.2) is 0 Å². The molecule has 0 saturated heterocycles. The Morgan fingerprint density at radius 1 is 1.35 bits per heavy atom. The Morgan fingerprint density at radius 2 is 2.12 bits per heavy atom. The number of nitrogens with zero attached hydrogens (tertiary/aromatic N) is 4. The number of benzene rings is 1. The van der Waals surface area contributed by atoms with Gasteiger partial charge in [-0.05, 0) is 11.1 Å². The van der Waals surface area contributed by atoms with Crippen LogP contribution in [0, 0.1) is 0 Å². The van der Waals surface area contributed by atoms with E-state index in [1.807, 2.05) is 30.3 Å². The summed E-state index contributed by atoms with van der Waals surface area (Å²) in [6.07, 6.45) is 0. The molecule has 0 saturated carbocycles. The van der Waals surface area contributed by atoms with E-state index in [1.165, 1.54) is 10.7 Å². The van der Waals surface area contributed by atoms with Gasteiger partial charge in [0, 0.05) is 24.1 Å². The summed E-state index contributed by atoms with van der Waals surface area (Å²) in [5.41, 5.74) is 9.74. The Morgan fingerprint density at radius 3 is 2.82 bits per heavy atom. The van der Waals surface area contributed by atoms with Crippen molar-refractivity contribution in [1.29, 1.82) is 0 Å². The van der Waals surface area contributed by atoms with E-state index in [-0.39, 0.29) is 12.1 Å². The molecule has 0 bridgehead atoms. The quantitative estimate of drug-likeness (QED) is 0.486. The molecule has 0 amide bonds. The van der Waals surface area contributed by atoms with Crippen LogP contribution in [0.4, 0.5) is 0 Å². The summed E-state index contributed by atoms with van der Waals surface area (Å²) < 4.78 is 1.43. The van der Waals surface area contributed by atoms with Gasteiger partial charge in [0.1, 0.15) is 0 Å². The van der Waals surface area contributed by atoms with Crippen LogP contribution in [0.3, 0.4) is 0 Å². The van der Waals surface area contributed by atoms with Crippen molar-refractivity contribution in [2.24, 2.45) is 5.11 Å². The number of rotatable bonds is 4. The monoisotopic (exact) mass is 229 g/mol. The number of hydrogen-bond donors (Lipinski definition) is 1. The van der Waals surface area contributed by atoms with E-state index in [4.69, 9.17) is 5.53 Å². The van der Waals surface area contributed by atoms with E-state index >= 15 is 0 Å². The number of hydrogen-bond acceptors (Lipinski definition) is 2. The average molecular weight is 229 g/mol. The Hall–Kier alpha value is -2.46. The smallest absolute Gasteiger partial charge is 0.267 e. The van der Waals surface area contributed by atoms with Crippen LogP contribution in [0.5, 0.6) is 0 Å². The van der Waals surface area contributed by atoms with Gasteiger partial charge in [0.05, 0.1) is 5.69 Å². The first-order valence-corrected chi connectivity index (χ1v) is 5.17. The van der Waals surface area contributed by atoms with Gasteiger partial charge in [0.2, 0.25) is 0 Å². The maximum atomic E-state index is 11.6. The SMILES string of the molecule is [N-]=[N+]=NCCn1[nH]c(-c2ccccc2)cc1=O. The Kier molecular flexibility index (Phi) is 3.28. The van der Waals surface area contributed by atoms with Crippen molar-refractivity contribution in [3.05, 3.63) is 57.2 Å². The topological polar surface area (TPSA) is 86.6 Å². The molecule has 0 spiro atoms. The van der Waals surface area contributed by atoms with Gasteiger partial charge in [-0.2, -0.15) is 0 Å². The largest absolute Gasteiger partial charge is 0.295 e. The first kappa shape index (κ1) is 11.0. The molecule has 86 valence electrons. The molecule has 6 heteroatoms. The van der Waals surface area contributed by atoms with Crippen molar-refractivity contribution in [3.8, 4) is 11.3 Å². The fourth-order valence-corrected chi connectivity index (χ4v) is 1.56. The molecule has 0 aliphatic carbocycles. The highest BCUT2D eigenvalue weighted by Gasteiger charge is 2.03. The van der Waals surface area contributed by atoms with E-state index in [2.05, 4.69) is 15.1 Å². The highest BCUT2D eigenvalue weighted by atomic mass is 16.1. The van der Waals surface area contributed by atoms with Gasteiger partial charge in [-0.15, -0.1) is 0 Å². The summed E-state index contributed by atoms with van der Waals surface area (Å²) >= 11 is 0. The third-order valence-corrected chi connectivity index (χ3v) is 2.36. The van der Waals surface area contributed by atoms with E-state index in [0.717, 1.165) is 11.3 Å². The molecule has 0 radical (unpaired) electrons. The fraction of sp³-hybridized carbons (Fsp3) is 0.182. The highest BCUT2D eigenvalue weighted by molar-refractivity contribution is 5.57. The van der Waals surface area contributed by atoms with E-state index in [9.17, 15) is 4.79 Å². The van der Waals surface area contributed by atoms with E-state index in [1.54, 1.807) is 0 Å². The third-order valence-electron chi connectivity index (χ3n) is 2.36. The van der Waals surface area contributed by atoms with Gasteiger partial charge in [0.25, 0.3) is 5.56 Å². The average Bonchev–Trinajstić information content (AvgIpc) is 2.73. The van der Waals surface area contributed by atoms with Crippen LogP contribution in [0.15, 0.2) is 46.3 Å². The van der Waals surface area contributed by atoms with Crippen molar-refractivity contribution in [3.63, 3.8) is 0 Å². The second kappa shape index (κ2) is 5.05. The van der Waals surface area contributed by atoms with Crippen molar-refractivity contribution in [1.82, 2.24) is 9.78 Å². The minimum Gasteiger partial charge on any atom is -0.295 e. The second-order valence-electron chi connectivity index (χ2n) is 3.48. The van der Waals surface area contributed by atoms with Crippen molar-refractivity contribution < 1.29 is 0 Å². The summed E-state index contributed by atoms with van der Waals surface area (Å²) in [6, 6.07) is 11.1. The number of nitrogens with one attached hydrogen (secondary N) is 1. The molecule has 6 nitrogen and oxygen atoms in total. The minimum atomic E-state index is -0.128. The zero-order valence-electron chi connectivity index (χ0n) is 9.08. The summed E-state index contributed by atoms with van der Waals surface area (Å²) in [5, 5.41) is 6.37. The van der Waals surface area contributed by atoms with Gasteiger partial charge in [0.15, 0.2) is 0 Å². The second-order valence-corrected chi connectivity index (χ2v) is 3.48. The lowest BCUT2D eigenvalue weighted by molar-refractivity contribution is 0.607. The lowest BCUT2D eigenvalue weighted by Gasteiger charge is -1.99. The summed E-state index contributed by atoms with van der Waals surface area (Å²) in [4.78, 5) is 14.2. The standard InChI is InChI=1S/C11H11N5O/c12-15-13-6-7-16-11(17)8-10(14-16)9-4-2-1-3-5-9/h1-5,8,14H,6-7H2. The molecule has 1 aromatic heterocycles. The maximum absolute atomic E-state index is 11.6. The first-order chi connectivity index (χ1) is 8.31. The molecule has 0 aliphatic rings. The van der Waals surface area contributed by atoms with Crippen molar-refractivity contribution in [2.45, 2.75) is 6.54 Å². The Balaban J connectivity index is 2.25. The van der Waals surface area contributed by atoms with Crippen molar-refractivity contribution >= 4 is 0 Å². The van der Waals surface area contributed by atoms with Crippen LogP contribution in [-0.2, 0) is 6.54 Å². The lowest BCUT2D eigenvalue weighted by atomic mass is 10.2. The van der Waals surface area contributed by atoms with E-state index < -0.39 is 0 Å². The Labute approximate surface area is 97.1 Å². The molecular weight excluding hydrogens is 218 g/mol. The molecule has 0 aliphatic heterocycles. The molecule has 2 aromatic rings. The van der Waals surface area contributed by atoms with E-state index in [0.29, 0.717) is 6.54 Å². The van der Waals surface area contributed by atoms with Crippen LogP contribution >= 0.6 is 0 Å². The fourth-order valence-electron chi connectivity index (χ4n) is 1.56. The molecule has 2 rings (SSSR count). The third kappa shape index (κ3) is 2.56. The minimum absolute atomic E-state index is 0.128. The van der Waals surface area contributed by atoms with Gasteiger partial charge < -0.3 is 0 Å². The van der Waals surface area contributed by atoms with Crippen LogP contribution in [0.2, 0.25) is 0 Å². The summed E-state index contributed by atoms with van der Waals surface area (Å²) in [6.45, 7) is 0.612. The normalized spacial score (nSPS) is 9.88. The predicted molar refractivity (Wildman–Crippen MR) is 64.5 cm³/mol. The van der Waals surface area contributed by atoms with Crippen LogP contribution in [0.1, 0.15) is 0 Å². The van der Waals surface area contributed by atoms with Gasteiger partial charge >= 0.3 is 0 Å². The number of azide groups is 1. The Bertz CT molecular complexity index is 592. The molecule has 1 heterocycles. The molecule has 0 atom stereocenters. The van der Waals surface area contributed by atoms with Gasteiger partial charge in [-0.3, -0.25) is 14.6 Å².